The summed E-state index contributed by atoms with van der Waals surface area (Å²) < 4.78 is 0. The zero-order chi connectivity index (χ0) is 11.4. The number of rotatable bonds is 2. The number of hydrogen-bond acceptors (Lipinski definition) is 3. The molecule has 0 spiro atoms. The number of nitrogen functional groups attached to an aromatic ring is 1. The molecule has 4 heteroatoms. The van der Waals surface area contributed by atoms with Crippen molar-refractivity contribution in [3.05, 3.63) is 54.2 Å². The van der Waals surface area contributed by atoms with Crippen molar-refractivity contribution >= 4 is 17.4 Å². The second-order valence-corrected chi connectivity index (χ2v) is 3.29. The fourth-order valence-corrected chi connectivity index (χ4v) is 1.27. The van der Waals surface area contributed by atoms with Crippen LogP contribution >= 0.6 is 0 Å². The van der Waals surface area contributed by atoms with Crippen LogP contribution < -0.4 is 11.1 Å². The maximum absolute atomic E-state index is 11.7. The highest BCUT2D eigenvalue weighted by atomic mass is 16.1. The van der Waals surface area contributed by atoms with Crippen molar-refractivity contribution in [2.75, 3.05) is 11.1 Å². The lowest BCUT2D eigenvalue weighted by Crippen LogP contribution is -2.11. The number of aromatic nitrogens is 1. The lowest BCUT2D eigenvalue weighted by atomic mass is 10.2. The normalized spacial score (nSPS) is 9.75. The Labute approximate surface area is 93.1 Å². The number of anilines is 2. The lowest BCUT2D eigenvalue weighted by molar-refractivity contribution is 0.102. The van der Waals surface area contributed by atoms with Gasteiger partial charge in [-0.2, -0.15) is 0 Å². The molecular formula is C12H11N3O. The van der Waals surface area contributed by atoms with Crippen molar-refractivity contribution < 1.29 is 4.79 Å². The summed E-state index contributed by atoms with van der Waals surface area (Å²) in [5.41, 5.74) is 6.68. The molecule has 0 aliphatic rings. The van der Waals surface area contributed by atoms with Crippen molar-refractivity contribution in [1.82, 2.24) is 4.98 Å². The van der Waals surface area contributed by atoms with E-state index in [-0.39, 0.29) is 5.91 Å². The van der Waals surface area contributed by atoms with Gasteiger partial charge in [-0.15, -0.1) is 0 Å². The number of nitrogens with two attached hydrogens (primary N) is 1. The minimum absolute atomic E-state index is 0.160. The summed E-state index contributed by atoms with van der Waals surface area (Å²) in [4.78, 5) is 15.6. The molecule has 1 amide bonds. The Bertz CT molecular complexity index is 479. The maximum Gasteiger partial charge on any atom is 0.255 e. The monoisotopic (exact) mass is 213 g/mol. The van der Waals surface area contributed by atoms with E-state index in [0.29, 0.717) is 17.1 Å². The number of carbonyl (C=O) groups is 1. The van der Waals surface area contributed by atoms with E-state index in [9.17, 15) is 4.79 Å². The molecule has 16 heavy (non-hydrogen) atoms. The van der Waals surface area contributed by atoms with Crippen LogP contribution in [0.4, 0.5) is 11.5 Å². The first-order chi connectivity index (χ1) is 7.75. The molecule has 1 aromatic carbocycles. The molecule has 80 valence electrons. The van der Waals surface area contributed by atoms with Gasteiger partial charge in [0.1, 0.15) is 5.82 Å². The highest BCUT2D eigenvalue weighted by molar-refractivity contribution is 6.04. The molecule has 4 nitrogen and oxygen atoms in total. The summed E-state index contributed by atoms with van der Waals surface area (Å²) in [5, 5.41) is 2.73. The van der Waals surface area contributed by atoms with Gasteiger partial charge in [0.15, 0.2) is 0 Å². The minimum atomic E-state index is -0.160. The Morgan fingerprint density at radius 2 is 1.88 bits per heavy atom. The zero-order valence-corrected chi connectivity index (χ0v) is 8.55. The predicted octanol–water partition coefficient (Wildman–Crippen LogP) is 1.92. The van der Waals surface area contributed by atoms with Crippen LogP contribution in [0.5, 0.6) is 0 Å². The number of pyridine rings is 1. The van der Waals surface area contributed by atoms with Crippen molar-refractivity contribution in [3.8, 4) is 0 Å². The number of nitrogens with zero attached hydrogens (tertiary/aromatic N) is 1. The Morgan fingerprint density at radius 1 is 1.12 bits per heavy atom. The molecule has 0 unspecified atom stereocenters. The summed E-state index contributed by atoms with van der Waals surface area (Å²) in [7, 11) is 0. The van der Waals surface area contributed by atoms with Gasteiger partial charge < -0.3 is 11.1 Å². The third-order valence-corrected chi connectivity index (χ3v) is 2.08. The van der Waals surface area contributed by atoms with Crippen molar-refractivity contribution in [2.24, 2.45) is 0 Å². The standard InChI is InChI=1S/C12H11N3O/c13-11-7-6-10(8-14-11)15-12(16)9-4-2-1-3-5-9/h1-8H,(H2,13,14)(H,15,16). The van der Waals surface area contributed by atoms with E-state index in [1.807, 2.05) is 18.2 Å². The van der Waals surface area contributed by atoms with Crippen LogP contribution in [0, 0.1) is 0 Å². The predicted molar refractivity (Wildman–Crippen MR) is 63.0 cm³/mol. The van der Waals surface area contributed by atoms with E-state index in [1.165, 1.54) is 6.20 Å². The van der Waals surface area contributed by atoms with E-state index in [1.54, 1.807) is 24.3 Å². The molecular weight excluding hydrogens is 202 g/mol. The van der Waals surface area contributed by atoms with E-state index < -0.39 is 0 Å². The molecule has 0 aliphatic heterocycles. The Kier molecular flexibility index (Phi) is 2.82. The van der Waals surface area contributed by atoms with Crippen LogP contribution in [0.1, 0.15) is 10.4 Å². The zero-order valence-electron chi connectivity index (χ0n) is 8.55. The summed E-state index contributed by atoms with van der Waals surface area (Å²) in [6.45, 7) is 0. The average molecular weight is 213 g/mol. The van der Waals surface area contributed by atoms with E-state index in [2.05, 4.69) is 10.3 Å². The second kappa shape index (κ2) is 4.44. The van der Waals surface area contributed by atoms with Gasteiger partial charge in [-0.3, -0.25) is 4.79 Å². The Balaban J connectivity index is 2.11. The van der Waals surface area contributed by atoms with Crippen LogP contribution in [0.15, 0.2) is 48.7 Å². The van der Waals surface area contributed by atoms with Crippen LogP contribution in [-0.2, 0) is 0 Å². The number of carbonyl (C=O) groups excluding carboxylic acids is 1. The average Bonchev–Trinajstić information content (AvgIpc) is 2.33. The number of benzene rings is 1. The Morgan fingerprint density at radius 3 is 2.50 bits per heavy atom. The quantitative estimate of drug-likeness (QED) is 0.800. The molecule has 2 aromatic rings. The molecule has 1 aromatic heterocycles. The SMILES string of the molecule is Nc1ccc(NC(=O)c2ccccc2)cn1. The third-order valence-electron chi connectivity index (χ3n) is 2.08. The molecule has 0 fully saturated rings. The molecule has 3 N–H and O–H groups in total. The highest BCUT2D eigenvalue weighted by Gasteiger charge is 2.04. The van der Waals surface area contributed by atoms with Gasteiger partial charge in [0.2, 0.25) is 0 Å². The van der Waals surface area contributed by atoms with Gasteiger partial charge in [0.25, 0.3) is 5.91 Å². The van der Waals surface area contributed by atoms with Gasteiger partial charge in [-0.25, -0.2) is 4.98 Å². The van der Waals surface area contributed by atoms with E-state index in [4.69, 9.17) is 5.73 Å². The second-order valence-electron chi connectivity index (χ2n) is 3.29. The van der Waals surface area contributed by atoms with Gasteiger partial charge in [0, 0.05) is 5.56 Å². The van der Waals surface area contributed by atoms with Crippen LogP contribution in [0.25, 0.3) is 0 Å². The van der Waals surface area contributed by atoms with Crippen molar-refractivity contribution in [3.63, 3.8) is 0 Å². The summed E-state index contributed by atoms with van der Waals surface area (Å²) in [5.74, 6) is 0.268. The van der Waals surface area contributed by atoms with E-state index in [0.717, 1.165) is 0 Å². The fraction of sp³-hybridized carbons (Fsp3) is 0. The Hall–Kier alpha value is -2.36. The molecule has 2 rings (SSSR count). The van der Waals surface area contributed by atoms with Crippen molar-refractivity contribution in [2.45, 2.75) is 0 Å². The molecule has 0 radical (unpaired) electrons. The van der Waals surface area contributed by atoms with Gasteiger partial charge in [-0.05, 0) is 24.3 Å². The maximum atomic E-state index is 11.7. The fourth-order valence-electron chi connectivity index (χ4n) is 1.27. The molecule has 1 heterocycles. The molecule has 0 atom stereocenters. The topological polar surface area (TPSA) is 68.0 Å². The molecule has 0 saturated heterocycles. The van der Waals surface area contributed by atoms with Crippen LogP contribution in [0.2, 0.25) is 0 Å². The number of hydrogen-bond donors (Lipinski definition) is 2. The van der Waals surface area contributed by atoms with Crippen LogP contribution in [0.3, 0.4) is 0 Å². The highest BCUT2D eigenvalue weighted by Crippen LogP contribution is 2.09. The molecule has 0 bridgehead atoms. The van der Waals surface area contributed by atoms with Gasteiger partial charge in [-0.1, -0.05) is 18.2 Å². The molecule has 0 aliphatic carbocycles. The minimum Gasteiger partial charge on any atom is -0.384 e. The third kappa shape index (κ3) is 2.36. The summed E-state index contributed by atoms with van der Waals surface area (Å²) in [6.07, 6.45) is 1.52. The smallest absolute Gasteiger partial charge is 0.255 e. The van der Waals surface area contributed by atoms with Crippen molar-refractivity contribution in [1.29, 1.82) is 0 Å². The first-order valence-corrected chi connectivity index (χ1v) is 4.83. The first-order valence-electron chi connectivity index (χ1n) is 4.83. The van der Waals surface area contributed by atoms with E-state index >= 15 is 0 Å². The van der Waals surface area contributed by atoms with Crippen LogP contribution in [-0.4, -0.2) is 10.9 Å². The molecule has 0 saturated carbocycles. The lowest BCUT2D eigenvalue weighted by Gasteiger charge is -2.04. The number of amides is 1. The van der Waals surface area contributed by atoms with Gasteiger partial charge >= 0.3 is 0 Å². The summed E-state index contributed by atoms with van der Waals surface area (Å²) in [6, 6.07) is 12.3. The largest absolute Gasteiger partial charge is 0.384 e. The number of nitrogens with one attached hydrogen (secondary N) is 1. The summed E-state index contributed by atoms with van der Waals surface area (Å²) >= 11 is 0. The first kappa shape index (κ1) is 10.2. The van der Waals surface area contributed by atoms with Gasteiger partial charge in [0.05, 0.1) is 11.9 Å².